The van der Waals surface area contributed by atoms with Gasteiger partial charge in [0.15, 0.2) is 0 Å². The van der Waals surface area contributed by atoms with Gasteiger partial charge in [-0.15, -0.1) is 0 Å². The normalized spacial score (nSPS) is 12.8. The number of carbonyl (C=O) groups is 1. The summed E-state index contributed by atoms with van der Waals surface area (Å²) < 4.78 is 0. The maximum absolute atomic E-state index is 12.3. The molecule has 2 heteroatoms. The molecule has 0 saturated carbocycles. The minimum absolute atomic E-state index is 0.0652. The fraction of sp³-hybridized carbons (Fsp3) is 0.276. The summed E-state index contributed by atoms with van der Waals surface area (Å²) in [6.45, 7) is 9.02. The molecule has 0 radical (unpaired) electrons. The average molecular weight is 412 g/mol. The smallest absolute Gasteiger partial charge is 0.222 e. The van der Waals surface area contributed by atoms with Crippen molar-refractivity contribution in [3.63, 3.8) is 0 Å². The molecule has 0 N–H and O–H groups in total. The topological polar surface area (TPSA) is 20.3 Å². The molecule has 1 atom stereocenters. The monoisotopic (exact) mass is 411 g/mol. The number of rotatable bonds is 8. The van der Waals surface area contributed by atoms with Crippen LogP contribution in [-0.2, 0) is 4.79 Å². The van der Waals surface area contributed by atoms with Crippen LogP contribution >= 0.6 is 0 Å². The van der Waals surface area contributed by atoms with E-state index in [2.05, 4.69) is 98.8 Å². The Balaban J connectivity index is 2.07. The second-order valence-corrected chi connectivity index (χ2v) is 7.77. The number of hydrogen-bond donors (Lipinski definition) is 0. The predicted molar refractivity (Wildman–Crippen MR) is 132 cm³/mol. The molecule has 1 unspecified atom stereocenters. The van der Waals surface area contributed by atoms with Gasteiger partial charge in [0.2, 0.25) is 5.91 Å². The third-order valence-electron chi connectivity index (χ3n) is 5.95. The van der Waals surface area contributed by atoms with Crippen LogP contribution in [0.4, 0.5) is 0 Å². The molecular formula is C29H33NO. The SMILES string of the molecule is CCC(=O)N(CC)C(C)c1ccc(/C(=C(\CC)c2ccccc2)c2ccccc2)cc1. The summed E-state index contributed by atoms with van der Waals surface area (Å²) in [5.41, 5.74) is 7.45. The molecule has 1 amide bonds. The van der Waals surface area contributed by atoms with E-state index in [-0.39, 0.29) is 11.9 Å². The maximum atomic E-state index is 12.3. The summed E-state index contributed by atoms with van der Waals surface area (Å²) in [6, 6.07) is 30.1. The van der Waals surface area contributed by atoms with Crippen LogP contribution in [0.2, 0.25) is 0 Å². The quantitative estimate of drug-likeness (QED) is 0.354. The first kappa shape index (κ1) is 22.6. The van der Waals surface area contributed by atoms with Crippen molar-refractivity contribution in [3.8, 4) is 0 Å². The highest BCUT2D eigenvalue weighted by atomic mass is 16.2. The summed E-state index contributed by atoms with van der Waals surface area (Å²) in [6.07, 6.45) is 1.48. The first-order valence-corrected chi connectivity index (χ1v) is 11.3. The van der Waals surface area contributed by atoms with E-state index in [4.69, 9.17) is 0 Å². The van der Waals surface area contributed by atoms with Crippen LogP contribution in [0.3, 0.4) is 0 Å². The van der Waals surface area contributed by atoms with E-state index >= 15 is 0 Å². The lowest BCUT2D eigenvalue weighted by Gasteiger charge is -2.28. The molecule has 31 heavy (non-hydrogen) atoms. The molecule has 3 rings (SSSR count). The Kier molecular flexibility index (Phi) is 7.83. The van der Waals surface area contributed by atoms with Crippen LogP contribution in [0, 0.1) is 0 Å². The Morgan fingerprint density at radius 2 is 1.23 bits per heavy atom. The highest BCUT2D eigenvalue weighted by Crippen LogP contribution is 2.35. The number of benzene rings is 3. The molecule has 0 spiro atoms. The lowest BCUT2D eigenvalue weighted by molar-refractivity contribution is -0.132. The van der Waals surface area contributed by atoms with Crippen molar-refractivity contribution in [2.75, 3.05) is 6.54 Å². The summed E-state index contributed by atoms with van der Waals surface area (Å²) in [5, 5.41) is 0. The molecule has 0 aliphatic carbocycles. The summed E-state index contributed by atoms with van der Waals surface area (Å²) in [7, 11) is 0. The van der Waals surface area contributed by atoms with Crippen molar-refractivity contribution >= 4 is 17.1 Å². The molecule has 0 aliphatic rings. The van der Waals surface area contributed by atoms with Gasteiger partial charge < -0.3 is 4.90 Å². The zero-order valence-electron chi connectivity index (χ0n) is 19.1. The van der Waals surface area contributed by atoms with Crippen molar-refractivity contribution in [1.29, 1.82) is 0 Å². The minimum Gasteiger partial charge on any atom is -0.336 e. The van der Waals surface area contributed by atoms with E-state index in [1.165, 1.54) is 27.8 Å². The molecule has 160 valence electrons. The van der Waals surface area contributed by atoms with Gasteiger partial charge in [0.05, 0.1) is 6.04 Å². The van der Waals surface area contributed by atoms with Crippen LogP contribution in [-0.4, -0.2) is 17.4 Å². The molecule has 0 fully saturated rings. The van der Waals surface area contributed by atoms with E-state index in [1.54, 1.807) is 0 Å². The molecule has 0 aliphatic heterocycles. The fourth-order valence-electron chi connectivity index (χ4n) is 4.26. The van der Waals surface area contributed by atoms with Crippen molar-refractivity contribution in [2.45, 2.75) is 46.6 Å². The zero-order valence-corrected chi connectivity index (χ0v) is 19.1. The molecular weight excluding hydrogens is 378 g/mol. The molecule has 0 bridgehead atoms. The number of nitrogens with zero attached hydrogens (tertiary/aromatic N) is 1. The van der Waals surface area contributed by atoms with Gasteiger partial charge in [-0.2, -0.15) is 0 Å². The van der Waals surface area contributed by atoms with Gasteiger partial charge in [-0.25, -0.2) is 0 Å². The van der Waals surface area contributed by atoms with Crippen LogP contribution in [0.15, 0.2) is 84.9 Å². The van der Waals surface area contributed by atoms with Crippen molar-refractivity contribution in [3.05, 3.63) is 107 Å². The second-order valence-electron chi connectivity index (χ2n) is 7.77. The molecule has 2 nitrogen and oxygen atoms in total. The molecule has 3 aromatic carbocycles. The average Bonchev–Trinajstić information content (AvgIpc) is 2.84. The van der Waals surface area contributed by atoms with Crippen molar-refractivity contribution < 1.29 is 4.79 Å². The van der Waals surface area contributed by atoms with Gasteiger partial charge >= 0.3 is 0 Å². The van der Waals surface area contributed by atoms with Gasteiger partial charge in [-0.05, 0) is 53.7 Å². The molecule has 0 saturated heterocycles. The van der Waals surface area contributed by atoms with Crippen molar-refractivity contribution in [2.24, 2.45) is 0 Å². The van der Waals surface area contributed by atoms with Gasteiger partial charge in [0.25, 0.3) is 0 Å². The summed E-state index contributed by atoms with van der Waals surface area (Å²) in [4.78, 5) is 14.3. The maximum Gasteiger partial charge on any atom is 0.222 e. The molecule has 0 heterocycles. The number of amides is 1. The Morgan fingerprint density at radius 1 is 0.710 bits per heavy atom. The van der Waals surface area contributed by atoms with Crippen LogP contribution in [0.25, 0.3) is 11.1 Å². The first-order valence-electron chi connectivity index (χ1n) is 11.3. The van der Waals surface area contributed by atoms with Gasteiger partial charge in [0, 0.05) is 13.0 Å². The van der Waals surface area contributed by atoms with Gasteiger partial charge in [-0.3, -0.25) is 4.79 Å². The second kappa shape index (κ2) is 10.8. The Bertz CT molecular complexity index is 1000. The Morgan fingerprint density at radius 3 is 1.71 bits per heavy atom. The largest absolute Gasteiger partial charge is 0.336 e. The van der Waals surface area contributed by atoms with Crippen LogP contribution < -0.4 is 0 Å². The Labute approximate surface area is 187 Å². The minimum atomic E-state index is 0.0652. The van der Waals surface area contributed by atoms with E-state index in [9.17, 15) is 4.79 Å². The highest BCUT2D eigenvalue weighted by molar-refractivity contribution is 5.98. The predicted octanol–water partition coefficient (Wildman–Crippen LogP) is 7.38. The highest BCUT2D eigenvalue weighted by Gasteiger charge is 2.19. The van der Waals surface area contributed by atoms with E-state index in [1.807, 2.05) is 18.7 Å². The van der Waals surface area contributed by atoms with Crippen molar-refractivity contribution in [1.82, 2.24) is 4.90 Å². The first-order chi connectivity index (χ1) is 15.1. The fourth-order valence-corrected chi connectivity index (χ4v) is 4.26. The van der Waals surface area contributed by atoms with Gasteiger partial charge in [0.1, 0.15) is 0 Å². The van der Waals surface area contributed by atoms with E-state index in [0.717, 1.165) is 18.5 Å². The molecule has 3 aromatic rings. The standard InChI is InChI=1S/C29H33NO/c1-5-27(24-14-10-8-11-15-24)29(25-16-12-9-13-17-25)26-20-18-23(19-21-26)22(4)30(7-3)28(31)6-2/h8-22H,5-7H2,1-4H3/b29-27+. The summed E-state index contributed by atoms with van der Waals surface area (Å²) in [5.74, 6) is 0.196. The van der Waals surface area contributed by atoms with Crippen LogP contribution in [0.1, 0.15) is 68.8 Å². The van der Waals surface area contributed by atoms with E-state index < -0.39 is 0 Å². The number of allylic oxidation sites excluding steroid dienone is 1. The van der Waals surface area contributed by atoms with Gasteiger partial charge in [-0.1, -0.05) is 98.8 Å². The summed E-state index contributed by atoms with van der Waals surface area (Å²) >= 11 is 0. The number of hydrogen-bond acceptors (Lipinski definition) is 1. The Hall–Kier alpha value is -3.13. The van der Waals surface area contributed by atoms with E-state index in [0.29, 0.717) is 6.42 Å². The molecule has 0 aromatic heterocycles. The third kappa shape index (κ3) is 5.14. The lowest BCUT2D eigenvalue weighted by Crippen LogP contribution is -2.32. The lowest BCUT2D eigenvalue weighted by atomic mass is 9.87. The third-order valence-corrected chi connectivity index (χ3v) is 5.95. The van der Waals surface area contributed by atoms with Crippen LogP contribution in [0.5, 0.6) is 0 Å². The zero-order chi connectivity index (χ0) is 22.2. The number of carbonyl (C=O) groups excluding carboxylic acids is 1.